The average Bonchev–Trinajstić information content (AvgIpc) is 2.70. The molecular formula is C23H37N3O. The molecule has 2 fully saturated rings. The number of rotatable bonds is 6. The highest BCUT2D eigenvalue weighted by Gasteiger charge is 2.25. The Morgan fingerprint density at radius 3 is 2.11 bits per heavy atom. The van der Waals surface area contributed by atoms with Gasteiger partial charge in [-0.05, 0) is 35.8 Å². The molecule has 0 spiro atoms. The molecule has 2 aliphatic rings. The highest BCUT2D eigenvalue weighted by molar-refractivity contribution is 5.78. The number of carbonyl (C=O) groups excluding carboxylic acids is 1. The number of likely N-dealkylation sites (tertiary alicyclic amines) is 1. The second kappa shape index (κ2) is 9.70. The predicted molar refractivity (Wildman–Crippen MR) is 112 cm³/mol. The first kappa shape index (κ1) is 20.3. The molecule has 3 rings (SSSR count). The van der Waals surface area contributed by atoms with Crippen LogP contribution in [0.15, 0.2) is 24.3 Å². The monoisotopic (exact) mass is 371 g/mol. The minimum Gasteiger partial charge on any atom is -0.342 e. The Morgan fingerprint density at radius 2 is 1.56 bits per heavy atom. The Balaban J connectivity index is 1.39. The van der Waals surface area contributed by atoms with Gasteiger partial charge in [-0.15, -0.1) is 0 Å². The number of benzene rings is 1. The van der Waals surface area contributed by atoms with Gasteiger partial charge in [-0.3, -0.25) is 14.6 Å². The molecule has 0 unspecified atom stereocenters. The number of hydrogen-bond donors (Lipinski definition) is 0. The van der Waals surface area contributed by atoms with Crippen molar-refractivity contribution in [2.24, 2.45) is 5.92 Å². The third-order valence-corrected chi connectivity index (χ3v) is 6.42. The molecule has 0 radical (unpaired) electrons. The van der Waals surface area contributed by atoms with Crippen LogP contribution in [0.25, 0.3) is 0 Å². The highest BCUT2D eigenvalue weighted by Crippen LogP contribution is 2.20. The van der Waals surface area contributed by atoms with Crippen molar-refractivity contribution >= 4 is 5.91 Å². The van der Waals surface area contributed by atoms with E-state index in [-0.39, 0.29) is 0 Å². The fourth-order valence-electron chi connectivity index (χ4n) is 4.25. The van der Waals surface area contributed by atoms with Gasteiger partial charge in [-0.25, -0.2) is 0 Å². The van der Waals surface area contributed by atoms with Gasteiger partial charge in [0, 0.05) is 45.8 Å². The fraction of sp³-hybridized carbons (Fsp3) is 0.696. The maximum atomic E-state index is 12.6. The maximum absolute atomic E-state index is 12.6. The summed E-state index contributed by atoms with van der Waals surface area (Å²) in [6.45, 7) is 14.4. The van der Waals surface area contributed by atoms with Crippen molar-refractivity contribution in [3.8, 4) is 0 Å². The molecule has 0 N–H and O–H groups in total. The van der Waals surface area contributed by atoms with Crippen LogP contribution >= 0.6 is 0 Å². The minimum absolute atomic E-state index is 0.335. The van der Waals surface area contributed by atoms with Crippen LogP contribution in [0.1, 0.15) is 57.1 Å². The first-order valence-electron chi connectivity index (χ1n) is 10.9. The van der Waals surface area contributed by atoms with Gasteiger partial charge < -0.3 is 4.90 Å². The molecule has 2 aliphatic heterocycles. The molecule has 0 saturated carbocycles. The van der Waals surface area contributed by atoms with Crippen molar-refractivity contribution in [1.29, 1.82) is 0 Å². The Kier molecular flexibility index (Phi) is 7.31. The molecule has 2 saturated heterocycles. The average molecular weight is 372 g/mol. The SMILES string of the molecule is CCC1CCN(C(=O)CN2CCN(Cc3ccc(C(C)C)cc3)CC2)CC1. The van der Waals surface area contributed by atoms with Crippen molar-refractivity contribution in [2.75, 3.05) is 45.8 Å². The Labute approximate surface area is 165 Å². The van der Waals surface area contributed by atoms with E-state index >= 15 is 0 Å². The van der Waals surface area contributed by atoms with E-state index in [1.165, 1.54) is 30.4 Å². The lowest BCUT2D eigenvalue weighted by atomic mass is 9.94. The maximum Gasteiger partial charge on any atom is 0.236 e. The van der Waals surface area contributed by atoms with Crippen LogP contribution in [0, 0.1) is 5.92 Å². The van der Waals surface area contributed by atoms with Crippen molar-refractivity contribution in [1.82, 2.24) is 14.7 Å². The molecule has 1 aromatic rings. The summed E-state index contributed by atoms with van der Waals surface area (Å²) in [5, 5.41) is 0. The van der Waals surface area contributed by atoms with E-state index < -0.39 is 0 Å². The molecule has 0 aliphatic carbocycles. The lowest BCUT2D eigenvalue weighted by Crippen LogP contribution is -2.50. The van der Waals surface area contributed by atoms with Gasteiger partial charge in [-0.2, -0.15) is 0 Å². The lowest BCUT2D eigenvalue weighted by molar-refractivity contribution is -0.134. The van der Waals surface area contributed by atoms with E-state index in [9.17, 15) is 4.79 Å². The summed E-state index contributed by atoms with van der Waals surface area (Å²) in [5.41, 5.74) is 2.80. The number of carbonyl (C=O) groups is 1. The Bertz CT molecular complexity index is 582. The van der Waals surface area contributed by atoms with Crippen LogP contribution in [0.5, 0.6) is 0 Å². The summed E-state index contributed by atoms with van der Waals surface area (Å²) in [6.07, 6.45) is 3.63. The van der Waals surface area contributed by atoms with Crippen molar-refractivity contribution in [3.05, 3.63) is 35.4 Å². The molecule has 0 bridgehead atoms. The number of hydrogen-bond acceptors (Lipinski definition) is 3. The first-order chi connectivity index (χ1) is 13.0. The van der Waals surface area contributed by atoms with Crippen LogP contribution in [0.2, 0.25) is 0 Å². The van der Waals surface area contributed by atoms with E-state index in [0.717, 1.165) is 51.7 Å². The number of piperazine rings is 1. The molecule has 27 heavy (non-hydrogen) atoms. The van der Waals surface area contributed by atoms with Crippen LogP contribution < -0.4 is 0 Å². The van der Waals surface area contributed by atoms with Gasteiger partial charge >= 0.3 is 0 Å². The smallest absolute Gasteiger partial charge is 0.236 e. The van der Waals surface area contributed by atoms with Gasteiger partial charge in [0.25, 0.3) is 0 Å². The van der Waals surface area contributed by atoms with Crippen LogP contribution in [-0.2, 0) is 11.3 Å². The highest BCUT2D eigenvalue weighted by atomic mass is 16.2. The fourth-order valence-corrected chi connectivity index (χ4v) is 4.25. The first-order valence-corrected chi connectivity index (χ1v) is 10.9. The largest absolute Gasteiger partial charge is 0.342 e. The molecule has 4 nitrogen and oxygen atoms in total. The number of amides is 1. The van der Waals surface area contributed by atoms with E-state index in [2.05, 4.69) is 59.7 Å². The zero-order chi connectivity index (χ0) is 19.2. The minimum atomic E-state index is 0.335. The molecular weight excluding hydrogens is 334 g/mol. The second-order valence-electron chi connectivity index (χ2n) is 8.68. The third kappa shape index (κ3) is 5.79. The van der Waals surface area contributed by atoms with Gasteiger partial charge in [0.05, 0.1) is 6.54 Å². The molecule has 2 heterocycles. The van der Waals surface area contributed by atoms with Crippen molar-refractivity contribution in [2.45, 2.75) is 52.5 Å². The van der Waals surface area contributed by atoms with Crippen LogP contribution in [-0.4, -0.2) is 66.4 Å². The zero-order valence-electron chi connectivity index (χ0n) is 17.5. The summed E-state index contributed by atoms with van der Waals surface area (Å²) in [5.74, 6) is 1.75. The van der Waals surface area contributed by atoms with Crippen LogP contribution in [0.3, 0.4) is 0 Å². The van der Waals surface area contributed by atoms with E-state index in [0.29, 0.717) is 18.4 Å². The van der Waals surface area contributed by atoms with Gasteiger partial charge in [0.15, 0.2) is 0 Å². The summed E-state index contributed by atoms with van der Waals surface area (Å²) in [7, 11) is 0. The Morgan fingerprint density at radius 1 is 0.963 bits per heavy atom. The zero-order valence-corrected chi connectivity index (χ0v) is 17.5. The Hall–Kier alpha value is -1.39. The van der Waals surface area contributed by atoms with Crippen LogP contribution in [0.4, 0.5) is 0 Å². The molecule has 1 aromatic carbocycles. The van der Waals surface area contributed by atoms with E-state index in [1.807, 2.05) is 0 Å². The molecule has 0 atom stereocenters. The van der Waals surface area contributed by atoms with Gasteiger partial charge in [0.2, 0.25) is 5.91 Å². The van der Waals surface area contributed by atoms with Crippen molar-refractivity contribution < 1.29 is 4.79 Å². The molecule has 150 valence electrons. The standard InChI is InChI=1S/C23H37N3O/c1-4-20-9-11-26(12-10-20)23(27)18-25-15-13-24(14-16-25)17-21-5-7-22(8-6-21)19(2)3/h5-8,19-20H,4,9-18H2,1-3H3. The van der Waals surface area contributed by atoms with E-state index in [1.54, 1.807) is 0 Å². The molecule has 1 amide bonds. The normalized spacial score (nSPS) is 20.4. The lowest BCUT2D eigenvalue weighted by Gasteiger charge is -2.37. The van der Waals surface area contributed by atoms with Crippen molar-refractivity contribution in [3.63, 3.8) is 0 Å². The topological polar surface area (TPSA) is 26.8 Å². The summed E-state index contributed by atoms with van der Waals surface area (Å²) < 4.78 is 0. The van der Waals surface area contributed by atoms with E-state index in [4.69, 9.17) is 0 Å². The molecule has 4 heteroatoms. The number of nitrogens with zero attached hydrogens (tertiary/aromatic N) is 3. The molecule has 0 aromatic heterocycles. The van der Waals surface area contributed by atoms with Gasteiger partial charge in [0.1, 0.15) is 0 Å². The second-order valence-corrected chi connectivity index (χ2v) is 8.68. The third-order valence-electron chi connectivity index (χ3n) is 6.42. The summed E-state index contributed by atoms with van der Waals surface area (Å²) >= 11 is 0. The quantitative estimate of drug-likeness (QED) is 0.765. The summed E-state index contributed by atoms with van der Waals surface area (Å²) in [6, 6.07) is 9.06. The predicted octanol–water partition coefficient (Wildman–Crippen LogP) is 3.58. The number of piperidine rings is 1. The summed E-state index contributed by atoms with van der Waals surface area (Å²) in [4.78, 5) is 19.5. The van der Waals surface area contributed by atoms with Gasteiger partial charge in [-0.1, -0.05) is 51.5 Å².